The number of nitrogens with one attached hydrogen (secondary N) is 2. The van der Waals surface area contributed by atoms with Crippen molar-refractivity contribution in [1.29, 1.82) is 0 Å². The third-order valence-corrected chi connectivity index (χ3v) is 4.93. The summed E-state index contributed by atoms with van der Waals surface area (Å²) < 4.78 is 0. The summed E-state index contributed by atoms with van der Waals surface area (Å²) in [5, 5.41) is 3.71. The maximum atomic E-state index is 4.64. The van der Waals surface area contributed by atoms with Gasteiger partial charge in [0.15, 0.2) is 0 Å². The van der Waals surface area contributed by atoms with Crippen LogP contribution in [0.5, 0.6) is 0 Å². The lowest BCUT2D eigenvalue weighted by Crippen LogP contribution is -2.43. The molecule has 0 radical (unpaired) electrons. The van der Waals surface area contributed by atoms with Crippen molar-refractivity contribution in [2.75, 3.05) is 24.5 Å². The maximum Gasteiger partial charge on any atom is 0.128 e. The van der Waals surface area contributed by atoms with E-state index in [1.165, 1.54) is 12.8 Å². The second-order valence-electron chi connectivity index (χ2n) is 6.71. The van der Waals surface area contributed by atoms with Crippen LogP contribution in [0.3, 0.4) is 0 Å². The Bertz CT molecular complexity index is 757. The number of para-hydroxylation sites is 2. The number of fused-ring (bicyclic) bond motifs is 1. The van der Waals surface area contributed by atoms with Crippen molar-refractivity contribution >= 4 is 16.9 Å². The van der Waals surface area contributed by atoms with Crippen LogP contribution in [-0.4, -0.2) is 40.6 Å². The zero-order chi connectivity index (χ0) is 16.9. The van der Waals surface area contributed by atoms with E-state index in [9.17, 15) is 0 Å². The molecule has 0 atom stereocenters. The van der Waals surface area contributed by atoms with Crippen molar-refractivity contribution in [3.05, 3.63) is 54.5 Å². The van der Waals surface area contributed by atoms with E-state index >= 15 is 0 Å². The molecule has 2 aromatic heterocycles. The Labute approximate surface area is 148 Å². The molecule has 1 aliphatic heterocycles. The van der Waals surface area contributed by atoms with Gasteiger partial charge in [0.1, 0.15) is 11.6 Å². The van der Waals surface area contributed by atoms with Gasteiger partial charge in [0, 0.05) is 31.7 Å². The quantitative estimate of drug-likeness (QED) is 0.680. The lowest BCUT2D eigenvalue weighted by Gasteiger charge is -2.33. The number of nitrogens with zero attached hydrogens (tertiary/aromatic N) is 3. The van der Waals surface area contributed by atoms with Crippen molar-refractivity contribution < 1.29 is 0 Å². The Hall–Kier alpha value is -2.40. The molecule has 3 heterocycles. The number of aromatic amines is 1. The van der Waals surface area contributed by atoms with Crippen molar-refractivity contribution in [1.82, 2.24) is 20.3 Å². The van der Waals surface area contributed by atoms with Gasteiger partial charge in [-0.05, 0) is 50.1 Å². The zero-order valence-corrected chi connectivity index (χ0v) is 14.5. The van der Waals surface area contributed by atoms with Gasteiger partial charge in [0.05, 0.1) is 11.0 Å². The highest BCUT2D eigenvalue weighted by atomic mass is 15.2. The fourth-order valence-corrected chi connectivity index (χ4v) is 3.54. The minimum absolute atomic E-state index is 0.621. The molecule has 5 nitrogen and oxygen atoms in total. The van der Waals surface area contributed by atoms with Gasteiger partial charge < -0.3 is 15.2 Å². The third kappa shape index (κ3) is 3.99. The van der Waals surface area contributed by atoms with Crippen LogP contribution in [0.2, 0.25) is 0 Å². The number of hydrogen-bond acceptors (Lipinski definition) is 4. The SMILES string of the molecule is c1ccc(N2CCC(NCCCc3nc4ccccc4[nH]3)CC2)nc1. The second kappa shape index (κ2) is 7.66. The number of imidazole rings is 1. The van der Waals surface area contributed by atoms with Crippen LogP contribution < -0.4 is 10.2 Å². The Morgan fingerprint density at radius 3 is 2.72 bits per heavy atom. The summed E-state index contributed by atoms with van der Waals surface area (Å²) >= 11 is 0. The van der Waals surface area contributed by atoms with Gasteiger partial charge in [0.25, 0.3) is 0 Å². The van der Waals surface area contributed by atoms with Gasteiger partial charge >= 0.3 is 0 Å². The van der Waals surface area contributed by atoms with E-state index in [4.69, 9.17) is 0 Å². The molecule has 0 saturated carbocycles. The molecule has 0 amide bonds. The first-order valence-corrected chi connectivity index (χ1v) is 9.21. The Kier molecular flexibility index (Phi) is 4.93. The lowest BCUT2D eigenvalue weighted by molar-refractivity contribution is 0.411. The molecule has 0 aliphatic carbocycles. The van der Waals surface area contributed by atoms with Crippen LogP contribution in [0.15, 0.2) is 48.7 Å². The minimum Gasteiger partial charge on any atom is -0.357 e. The molecule has 1 aromatic carbocycles. The lowest BCUT2D eigenvalue weighted by atomic mass is 10.0. The fraction of sp³-hybridized carbons (Fsp3) is 0.400. The van der Waals surface area contributed by atoms with E-state index in [1.54, 1.807) is 0 Å². The highest BCUT2D eigenvalue weighted by Crippen LogP contribution is 2.17. The highest BCUT2D eigenvalue weighted by molar-refractivity contribution is 5.74. The van der Waals surface area contributed by atoms with Gasteiger partial charge in [-0.2, -0.15) is 0 Å². The smallest absolute Gasteiger partial charge is 0.128 e. The van der Waals surface area contributed by atoms with Crippen LogP contribution in [0.25, 0.3) is 11.0 Å². The molecule has 3 aromatic rings. The largest absolute Gasteiger partial charge is 0.357 e. The molecule has 1 aliphatic rings. The summed E-state index contributed by atoms with van der Waals surface area (Å²) in [6, 6.07) is 15.0. The average Bonchev–Trinajstić information content (AvgIpc) is 3.09. The molecule has 0 spiro atoms. The summed E-state index contributed by atoms with van der Waals surface area (Å²) in [6.07, 6.45) is 6.34. The van der Waals surface area contributed by atoms with Crippen LogP contribution >= 0.6 is 0 Å². The summed E-state index contributed by atoms with van der Waals surface area (Å²) in [5.41, 5.74) is 2.19. The Morgan fingerprint density at radius 1 is 1.08 bits per heavy atom. The molecule has 1 fully saturated rings. The predicted octanol–water partition coefficient (Wildman–Crippen LogP) is 3.15. The van der Waals surface area contributed by atoms with Crippen LogP contribution in [-0.2, 0) is 6.42 Å². The van der Waals surface area contributed by atoms with Crippen molar-refractivity contribution in [3.8, 4) is 0 Å². The molecule has 1 saturated heterocycles. The highest BCUT2D eigenvalue weighted by Gasteiger charge is 2.19. The maximum absolute atomic E-state index is 4.64. The first kappa shape index (κ1) is 16.1. The number of rotatable bonds is 6. The van der Waals surface area contributed by atoms with E-state index in [-0.39, 0.29) is 0 Å². The number of piperidine rings is 1. The first-order valence-electron chi connectivity index (χ1n) is 9.21. The van der Waals surface area contributed by atoms with Crippen molar-refractivity contribution in [3.63, 3.8) is 0 Å². The van der Waals surface area contributed by atoms with E-state index in [1.807, 2.05) is 24.4 Å². The van der Waals surface area contributed by atoms with Crippen LogP contribution in [0.4, 0.5) is 5.82 Å². The number of anilines is 1. The molecule has 0 bridgehead atoms. The Balaban J connectivity index is 1.18. The molecule has 4 rings (SSSR count). The fourth-order valence-electron chi connectivity index (χ4n) is 3.54. The summed E-state index contributed by atoms with van der Waals surface area (Å²) in [6.45, 7) is 3.21. The number of hydrogen-bond donors (Lipinski definition) is 2. The summed E-state index contributed by atoms with van der Waals surface area (Å²) in [4.78, 5) is 14.9. The monoisotopic (exact) mass is 335 g/mol. The Morgan fingerprint density at radius 2 is 1.92 bits per heavy atom. The standard InChI is InChI=1S/C20H25N5/c1-2-7-18-17(6-1)23-19(24-18)8-5-13-21-16-10-14-25(15-11-16)20-9-3-4-12-22-20/h1-4,6-7,9,12,16,21H,5,8,10-11,13-15H2,(H,23,24). The summed E-state index contributed by atoms with van der Waals surface area (Å²) in [5.74, 6) is 2.19. The minimum atomic E-state index is 0.621. The first-order chi connectivity index (χ1) is 12.4. The van der Waals surface area contributed by atoms with Crippen molar-refractivity contribution in [2.24, 2.45) is 0 Å². The molecular weight excluding hydrogens is 310 g/mol. The van der Waals surface area contributed by atoms with Gasteiger partial charge in [-0.15, -0.1) is 0 Å². The van der Waals surface area contributed by atoms with E-state index < -0.39 is 0 Å². The molecule has 130 valence electrons. The predicted molar refractivity (Wildman–Crippen MR) is 102 cm³/mol. The van der Waals surface area contributed by atoms with Crippen LogP contribution in [0, 0.1) is 0 Å². The molecular formula is C20H25N5. The number of aromatic nitrogens is 3. The van der Waals surface area contributed by atoms with Gasteiger partial charge in [-0.1, -0.05) is 18.2 Å². The van der Waals surface area contributed by atoms with Crippen molar-refractivity contribution in [2.45, 2.75) is 31.7 Å². The van der Waals surface area contributed by atoms with E-state index in [0.717, 1.165) is 55.2 Å². The average molecular weight is 335 g/mol. The van der Waals surface area contributed by atoms with E-state index in [2.05, 4.69) is 49.4 Å². The molecule has 2 N–H and O–H groups in total. The number of aryl methyl sites for hydroxylation is 1. The van der Waals surface area contributed by atoms with Gasteiger partial charge in [-0.3, -0.25) is 0 Å². The van der Waals surface area contributed by atoms with E-state index in [0.29, 0.717) is 6.04 Å². The summed E-state index contributed by atoms with van der Waals surface area (Å²) in [7, 11) is 0. The third-order valence-electron chi connectivity index (χ3n) is 4.93. The van der Waals surface area contributed by atoms with Crippen LogP contribution in [0.1, 0.15) is 25.1 Å². The molecule has 25 heavy (non-hydrogen) atoms. The van der Waals surface area contributed by atoms with Gasteiger partial charge in [0.2, 0.25) is 0 Å². The molecule has 0 unspecified atom stereocenters. The molecule has 5 heteroatoms. The number of H-pyrrole nitrogens is 1. The number of pyridine rings is 1. The second-order valence-corrected chi connectivity index (χ2v) is 6.71. The topological polar surface area (TPSA) is 56.8 Å². The number of benzene rings is 1. The van der Waals surface area contributed by atoms with Gasteiger partial charge in [-0.25, -0.2) is 9.97 Å². The normalized spacial score (nSPS) is 15.8. The zero-order valence-electron chi connectivity index (χ0n) is 14.5.